The van der Waals surface area contributed by atoms with Crippen LogP contribution >= 0.6 is 0 Å². The first-order valence-electron chi connectivity index (χ1n) is 5.94. The molecule has 5 nitrogen and oxygen atoms in total. The third kappa shape index (κ3) is 6.42. The minimum absolute atomic E-state index is 0.213. The highest BCUT2D eigenvalue weighted by Crippen LogP contribution is 2.00. The van der Waals surface area contributed by atoms with E-state index in [1.54, 1.807) is 0 Å². The molecule has 0 aromatic heterocycles. The molecule has 0 heterocycles. The predicted molar refractivity (Wildman–Crippen MR) is 65.4 cm³/mol. The normalized spacial score (nSPS) is 12.2. The van der Waals surface area contributed by atoms with E-state index in [1.807, 2.05) is 13.8 Å². The molecule has 0 saturated heterocycles. The molecule has 0 aromatic rings. The van der Waals surface area contributed by atoms with Gasteiger partial charge in [0, 0.05) is 26.2 Å². The Morgan fingerprint density at radius 1 is 1.06 bits per heavy atom. The zero-order valence-corrected chi connectivity index (χ0v) is 11.1. The zero-order chi connectivity index (χ0) is 12.4. The van der Waals surface area contributed by atoms with Crippen molar-refractivity contribution in [1.82, 2.24) is 9.03 Å². The van der Waals surface area contributed by atoms with Crippen molar-refractivity contribution in [3.8, 4) is 0 Å². The highest BCUT2D eigenvalue weighted by Gasteiger charge is 2.16. The second kappa shape index (κ2) is 8.92. The molecule has 16 heavy (non-hydrogen) atoms. The van der Waals surface area contributed by atoms with E-state index >= 15 is 0 Å². The lowest BCUT2D eigenvalue weighted by Crippen LogP contribution is -2.40. The van der Waals surface area contributed by atoms with Gasteiger partial charge in [-0.25, -0.2) is 4.72 Å². The van der Waals surface area contributed by atoms with Crippen LogP contribution < -0.4 is 4.72 Å². The number of unbranched alkanes of at least 4 members (excludes halogenated alkanes) is 3. The zero-order valence-electron chi connectivity index (χ0n) is 10.3. The van der Waals surface area contributed by atoms with Gasteiger partial charge in [0.25, 0.3) is 10.2 Å². The van der Waals surface area contributed by atoms with E-state index in [4.69, 9.17) is 5.11 Å². The summed E-state index contributed by atoms with van der Waals surface area (Å²) in [7, 11) is -3.28. The quantitative estimate of drug-likeness (QED) is 0.563. The lowest BCUT2D eigenvalue weighted by molar-refractivity contribution is 0.282. The molecule has 0 fully saturated rings. The van der Waals surface area contributed by atoms with Gasteiger partial charge in [0.2, 0.25) is 0 Å². The Kier molecular flexibility index (Phi) is 8.83. The van der Waals surface area contributed by atoms with Crippen LogP contribution in [-0.4, -0.2) is 44.1 Å². The molecule has 6 heteroatoms. The molecule has 0 saturated carbocycles. The molecule has 0 aliphatic heterocycles. The largest absolute Gasteiger partial charge is 0.396 e. The number of aliphatic hydroxyl groups is 1. The highest BCUT2D eigenvalue weighted by molar-refractivity contribution is 7.87. The van der Waals surface area contributed by atoms with Crippen molar-refractivity contribution in [2.75, 3.05) is 26.2 Å². The van der Waals surface area contributed by atoms with Gasteiger partial charge in [0.15, 0.2) is 0 Å². The molecule has 0 radical (unpaired) electrons. The molecule has 0 spiro atoms. The molecule has 0 amide bonds. The minimum atomic E-state index is -3.28. The topological polar surface area (TPSA) is 69.6 Å². The van der Waals surface area contributed by atoms with E-state index in [0.717, 1.165) is 25.7 Å². The van der Waals surface area contributed by atoms with Crippen molar-refractivity contribution in [1.29, 1.82) is 0 Å². The fourth-order valence-corrected chi connectivity index (χ4v) is 2.71. The van der Waals surface area contributed by atoms with Crippen molar-refractivity contribution in [3.05, 3.63) is 0 Å². The molecule has 0 aromatic carbocycles. The molecule has 0 bridgehead atoms. The third-order valence-electron chi connectivity index (χ3n) is 2.41. The maximum Gasteiger partial charge on any atom is 0.279 e. The van der Waals surface area contributed by atoms with Gasteiger partial charge in [-0.3, -0.25) is 0 Å². The predicted octanol–water partition coefficient (Wildman–Crippen LogP) is 0.715. The first kappa shape index (κ1) is 15.8. The van der Waals surface area contributed by atoms with E-state index in [9.17, 15) is 8.42 Å². The summed E-state index contributed by atoms with van der Waals surface area (Å²) >= 11 is 0. The van der Waals surface area contributed by atoms with E-state index in [1.165, 1.54) is 4.31 Å². The number of hydrogen-bond acceptors (Lipinski definition) is 3. The van der Waals surface area contributed by atoms with Crippen molar-refractivity contribution >= 4 is 10.2 Å². The number of nitrogens with zero attached hydrogens (tertiary/aromatic N) is 1. The van der Waals surface area contributed by atoms with E-state index in [-0.39, 0.29) is 6.61 Å². The summed E-state index contributed by atoms with van der Waals surface area (Å²) in [5, 5.41) is 8.57. The Bertz CT molecular complexity index is 251. The van der Waals surface area contributed by atoms with Gasteiger partial charge < -0.3 is 5.11 Å². The minimum Gasteiger partial charge on any atom is -0.396 e. The van der Waals surface area contributed by atoms with Crippen LogP contribution in [0.4, 0.5) is 0 Å². The van der Waals surface area contributed by atoms with Crippen LogP contribution in [-0.2, 0) is 10.2 Å². The Labute approximate surface area is 99.0 Å². The van der Waals surface area contributed by atoms with Gasteiger partial charge >= 0.3 is 0 Å². The summed E-state index contributed by atoms with van der Waals surface area (Å²) < 4.78 is 27.3. The van der Waals surface area contributed by atoms with Crippen LogP contribution in [0.5, 0.6) is 0 Å². The standard InChI is InChI=1S/C10H24N2O3S/c1-3-12(4-2)16(14,15)11-9-7-5-6-8-10-13/h11,13H,3-10H2,1-2H3. The monoisotopic (exact) mass is 252 g/mol. The summed E-state index contributed by atoms with van der Waals surface area (Å²) in [6.07, 6.45) is 3.51. The third-order valence-corrected chi connectivity index (χ3v) is 4.18. The molecule has 2 N–H and O–H groups in total. The van der Waals surface area contributed by atoms with E-state index in [0.29, 0.717) is 19.6 Å². The highest BCUT2D eigenvalue weighted by atomic mass is 32.2. The first-order valence-corrected chi connectivity index (χ1v) is 7.38. The average Bonchev–Trinajstić information content (AvgIpc) is 2.24. The van der Waals surface area contributed by atoms with Crippen LogP contribution in [0.2, 0.25) is 0 Å². The van der Waals surface area contributed by atoms with Gasteiger partial charge in [-0.05, 0) is 12.8 Å². The lowest BCUT2D eigenvalue weighted by atomic mass is 10.2. The molecule has 0 atom stereocenters. The van der Waals surface area contributed by atoms with Crippen molar-refractivity contribution in [2.45, 2.75) is 39.5 Å². The van der Waals surface area contributed by atoms with Crippen molar-refractivity contribution in [3.63, 3.8) is 0 Å². The molecule has 0 unspecified atom stereocenters. The Morgan fingerprint density at radius 3 is 2.12 bits per heavy atom. The summed E-state index contributed by atoms with van der Waals surface area (Å²) in [5.41, 5.74) is 0. The number of nitrogens with one attached hydrogen (secondary N) is 1. The van der Waals surface area contributed by atoms with Crippen molar-refractivity contribution < 1.29 is 13.5 Å². The fourth-order valence-electron chi connectivity index (χ4n) is 1.45. The van der Waals surface area contributed by atoms with E-state index < -0.39 is 10.2 Å². The number of rotatable bonds is 10. The molecular weight excluding hydrogens is 228 g/mol. The van der Waals surface area contributed by atoms with Gasteiger partial charge in [-0.2, -0.15) is 12.7 Å². The molecular formula is C10H24N2O3S. The van der Waals surface area contributed by atoms with Crippen LogP contribution in [0.3, 0.4) is 0 Å². The SMILES string of the molecule is CCN(CC)S(=O)(=O)NCCCCCCO. The van der Waals surface area contributed by atoms with Crippen LogP contribution in [0.1, 0.15) is 39.5 Å². The van der Waals surface area contributed by atoms with Crippen molar-refractivity contribution in [2.24, 2.45) is 0 Å². The maximum absolute atomic E-state index is 11.7. The van der Waals surface area contributed by atoms with Gasteiger partial charge in [-0.1, -0.05) is 26.7 Å². The fraction of sp³-hybridized carbons (Fsp3) is 1.00. The molecule has 98 valence electrons. The molecule has 0 rings (SSSR count). The average molecular weight is 252 g/mol. The second-order valence-electron chi connectivity index (χ2n) is 3.62. The van der Waals surface area contributed by atoms with Gasteiger partial charge in [0.1, 0.15) is 0 Å². The van der Waals surface area contributed by atoms with Gasteiger partial charge in [0.05, 0.1) is 0 Å². The summed E-state index contributed by atoms with van der Waals surface area (Å²) in [5.74, 6) is 0. The molecule has 0 aliphatic carbocycles. The maximum atomic E-state index is 11.7. The smallest absolute Gasteiger partial charge is 0.279 e. The Morgan fingerprint density at radius 2 is 1.62 bits per heavy atom. The summed E-state index contributed by atoms with van der Waals surface area (Å²) in [6, 6.07) is 0. The summed E-state index contributed by atoms with van der Waals surface area (Å²) in [6.45, 7) is 5.33. The number of aliphatic hydroxyl groups excluding tert-OH is 1. The van der Waals surface area contributed by atoms with Gasteiger partial charge in [-0.15, -0.1) is 0 Å². The van der Waals surface area contributed by atoms with Crippen LogP contribution in [0, 0.1) is 0 Å². The second-order valence-corrected chi connectivity index (χ2v) is 5.38. The number of hydrogen-bond donors (Lipinski definition) is 2. The van der Waals surface area contributed by atoms with Crippen LogP contribution in [0.25, 0.3) is 0 Å². The van der Waals surface area contributed by atoms with Crippen LogP contribution in [0.15, 0.2) is 0 Å². The molecule has 0 aliphatic rings. The Balaban J connectivity index is 3.74. The summed E-state index contributed by atoms with van der Waals surface area (Å²) in [4.78, 5) is 0. The lowest BCUT2D eigenvalue weighted by Gasteiger charge is -2.18. The van der Waals surface area contributed by atoms with E-state index in [2.05, 4.69) is 4.72 Å². The first-order chi connectivity index (χ1) is 7.58. The Hall–Kier alpha value is -0.170.